The molecule has 0 fully saturated rings. The van der Waals surface area contributed by atoms with Crippen LogP contribution in [0.2, 0.25) is 0 Å². The molecule has 3 rings (SSSR count). The third kappa shape index (κ3) is 1.24. The highest BCUT2D eigenvalue weighted by atomic mass is 79.9. The van der Waals surface area contributed by atoms with Gasteiger partial charge >= 0.3 is 5.97 Å². The minimum atomic E-state index is -2.06. The van der Waals surface area contributed by atoms with E-state index in [-0.39, 0.29) is 17.7 Å². The Balaban J connectivity index is 2.54. The van der Waals surface area contributed by atoms with Gasteiger partial charge in [0.25, 0.3) is 5.56 Å². The van der Waals surface area contributed by atoms with Crippen LogP contribution in [0.3, 0.4) is 0 Å². The maximum absolute atomic E-state index is 11.8. The van der Waals surface area contributed by atoms with Crippen LogP contribution in [0.15, 0.2) is 33.5 Å². The number of carboxylic acid groups (broad SMARTS) is 1. The molecule has 0 radical (unpaired) electrons. The number of halogens is 1. The van der Waals surface area contributed by atoms with E-state index in [4.69, 9.17) is 0 Å². The van der Waals surface area contributed by atoms with Crippen molar-refractivity contribution in [2.75, 3.05) is 0 Å². The van der Waals surface area contributed by atoms with Crippen molar-refractivity contribution in [2.45, 2.75) is 12.1 Å². The van der Waals surface area contributed by atoms with Crippen molar-refractivity contribution in [1.82, 2.24) is 4.57 Å². The molecule has 0 amide bonds. The number of rotatable bonds is 1. The van der Waals surface area contributed by atoms with Crippen LogP contribution in [0, 0.1) is 0 Å². The molecule has 1 aliphatic rings. The Bertz CT molecular complexity index is 752. The van der Waals surface area contributed by atoms with E-state index in [1.807, 2.05) is 0 Å². The molecule has 0 aliphatic carbocycles. The smallest absolute Gasteiger partial charge is 0.342 e. The Kier molecular flexibility index (Phi) is 2.18. The molecule has 5 nitrogen and oxygen atoms in total. The summed E-state index contributed by atoms with van der Waals surface area (Å²) in [6.45, 7) is -0.267. The van der Waals surface area contributed by atoms with Gasteiger partial charge in [-0.3, -0.25) is 4.79 Å². The van der Waals surface area contributed by atoms with Gasteiger partial charge in [0.2, 0.25) is 5.60 Å². The molecule has 92 valence electrons. The molecule has 1 unspecified atom stereocenters. The van der Waals surface area contributed by atoms with Gasteiger partial charge in [-0.15, -0.1) is 0 Å². The van der Waals surface area contributed by atoms with Crippen LogP contribution in [-0.2, 0) is 16.9 Å². The van der Waals surface area contributed by atoms with Crippen molar-refractivity contribution in [3.8, 4) is 0 Å². The number of benzene rings is 1. The molecule has 0 saturated carbocycles. The summed E-state index contributed by atoms with van der Waals surface area (Å²) in [5.74, 6) is -1.36. The molecule has 1 aliphatic heterocycles. The highest BCUT2D eigenvalue weighted by Crippen LogP contribution is 2.40. The fourth-order valence-corrected chi connectivity index (χ4v) is 3.05. The van der Waals surface area contributed by atoms with E-state index in [1.54, 1.807) is 18.2 Å². The molecule has 1 atom stereocenters. The second-order valence-corrected chi connectivity index (χ2v) is 5.14. The van der Waals surface area contributed by atoms with E-state index in [0.29, 0.717) is 9.99 Å². The first-order chi connectivity index (χ1) is 8.45. The molecule has 0 saturated heterocycles. The van der Waals surface area contributed by atoms with Gasteiger partial charge in [0.15, 0.2) is 0 Å². The zero-order valence-electron chi connectivity index (χ0n) is 9.05. The number of hydrogen-bond acceptors (Lipinski definition) is 3. The van der Waals surface area contributed by atoms with Gasteiger partial charge in [-0.1, -0.05) is 22.0 Å². The van der Waals surface area contributed by atoms with Crippen molar-refractivity contribution in [3.05, 3.63) is 44.7 Å². The summed E-state index contributed by atoms with van der Waals surface area (Å²) in [5.41, 5.74) is -1.67. The zero-order chi connectivity index (χ0) is 13.1. The Morgan fingerprint density at radius 2 is 2.00 bits per heavy atom. The molecule has 2 aromatic rings. The number of carbonyl (C=O) groups is 1. The topological polar surface area (TPSA) is 79.5 Å². The fourth-order valence-electron chi connectivity index (χ4n) is 2.40. The normalized spacial score (nSPS) is 21.4. The van der Waals surface area contributed by atoms with Crippen LogP contribution in [0.5, 0.6) is 0 Å². The number of aliphatic carboxylic acids is 1. The lowest BCUT2D eigenvalue weighted by Crippen LogP contribution is -2.37. The molecule has 6 heteroatoms. The SMILES string of the molecule is O=C(O)C1(O)Cn2c(=O)ccc3ccc(Br)c1c32. The number of pyridine rings is 1. The number of hydrogen-bond donors (Lipinski definition) is 2. The average molecular weight is 310 g/mol. The lowest BCUT2D eigenvalue weighted by molar-refractivity contribution is -0.160. The largest absolute Gasteiger partial charge is 0.479 e. The standard InChI is InChI=1S/C12H8BrNO4/c13-7-3-1-6-2-4-8(15)14-5-12(18,11(16)17)9(7)10(6)14/h1-4,18H,5H2,(H,16,17). The van der Waals surface area contributed by atoms with Crippen molar-refractivity contribution in [3.63, 3.8) is 0 Å². The van der Waals surface area contributed by atoms with Crippen LogP contribution in [0.25, 0.3) is 10.9 Å². The van der Waals surface area contributed by atoms with Crippen molar-refractivity contribution >= 4 is 32.8 Å². The van der Waals surface area contributed by atoms with E-state index < -0.39 is 11.6 Å². The maximum Gasteiger partial charge on any atom is 0.342 e. The summed E-state index contributed by atoms with van der Waals surface area (Å²) in [5, 5.41) is 20.3. The molecule has 2 heterocycles. The Hall–Kier alpha value is -1.66. The second-order valence-electron chi connectivity index (χ2n) is 4.28. The lowest BCUT2D eigenvalue weighted by Gasteiger charge is -2.18. The Morgan fingerprint density at radius 3 is 2.67 bits per heavy atom. The molecular weight excluding hydrogens is 302 g/mol. The first-order valence-electron chi connectivity index (χ1n) is 5.23. The quantitative estimate of drug-likeness (QED) is 0.825. The first-order valence-corrected chi connectivity index (χ1v) is 6.03. The minimum absolute atomic E-state index is 0.241. The number of nitrogens with zero attached hydrogens (tertiary/aromatic N) is 1. The van der Waals surface area contributed by atoms with E-state index in [0.717, 1.165) is 5.39 Å². The van der Waals surface area contributed by atoms with Crippen LogP contribution in [0.4, 0.5) is 0 Å². The molecule has 0 spiro atoms. The monoisotopic (exact) mass is 309 g/mol. The Labute approximate surface area is 109 Å². The molecular formula is C12H8BrNO4. The van der Waals surface area contributed by atoms with Crippen molar-refractivity contribution in [2.24, 2.45) is 0 Å². The first kappa shape index (κ1) is 11.4. The molecule has 1 aromatic carbocycles. The van der Waals surface area contributed by atoms with Gasteiger partial charge < -0.3 is 14.8 Å². The van der Waals surface area contributed by atoms with Crippen LogP contribution in [0.1, 0.15) is 5.56 Å². The zero-order valence-corrected chi connectivity index (χ0v) is 10.6. The van der Waals surface area contributed by atoms with E-state index in [1.165, 1.54) is 10.6 Å². The molecule has 1 aromatic heterocycles. The predicted molar refractivity (Wildman–Crippen MR) is 67.4 cm³/mol. The van der Waals surface area contributed by atoms with Crippen LogP contribution in [-0.4, -0.2) is 20.7 Å². The summed E-state index contributed by atoms with van der Waals surface area (Å²) < 4.78 is 1.78. The summed E-state index contributed by atoms with van der Waals surface area (Å²) in [7, 11) is 0. The molecule has 2 N–H and O–H groups in total. The van der Waals surface area contributed by atoms with Gasteiger partial charge in [-0.05, 0) is 17.5 Å². The number of aliphatic hydroxyl groups is 1. The van der Waals surface area contributed by atoms with Gasteiger partial charge in [0.1, 0.15) is 0 Å². The van der Waals surface area contributed by atoms with Crippen molar-refractivity contribution in [1.29, 1.82) is 0 Å². The molecule has 0 bridgehead atoms. The summed E-state index contributed by atoms with van der Waals surface area (Å²) in [6, 6.07) is 6.43. The highest BCUT2D eigenvalue weighted by Gasteiger charge is 2.46. The van der Waals surface area contributed by atoms with E-state index >= 15 is 0 Å². The van der Waals surface area contributed by atoms with E-state index in [2.05, 4.69) is 15.9 Å². The van der Waals surface area contributed by atoms with Crippen LogP contribution >= 0.6 is 15.9 Å². The fraction of sp³-hybridized carbons (Fsp3) is 0.167. The summed E-state index contributed by atoms with van der Waals surface area (Å²) in [6.07, 6.45) is 0. The van der Waals surface area contributed by atoms with Crippen LogP contribution < -0.4 is 5.56 Å². The Morgan fingerprint density at radius 1 is 1.33 bits per heavy atom. The summed E-state index contributed by atoms with van der Waals surface area (Å²) >= 11 is 3.24. The maximum atomic E-state index is 11.8. The van der Waals surface area contributed by atoms with E-state index in [9.17, 15) is 19.8 Å². The minimum Gasteiger partial charge on any atom is -0.479 e. The third-order valence-electron chi connectivity index (χ3n) is 3.25. The van der Waals surface area contributed by atoms with Gasteiger partial charge in [-0.2, -0.15) is 0 Å². The van der Waals surface area contributed by atoms with Gasteiger partial charge in [0.05, 0.1) is 12.1 Å². The molecule has 18 heavy (non-hydrogen) atoms. The second kappa shape index (κ2) is 3.43. The van der Waals surface area contributed by atoms with Crippen molar-refractivity contribution < 1.29 is 15.0 Å². The summed E-state index contributed by atoms with van der Waals surface area (Å²) in [4.78, 5) is 23.1. The van der Waals surface area contributed by atoms with Gasteiger partial charge in [0, 0.05) is 16.1 Å². The van der Waals surface area contributed by atoms with Gasteiger partial charge in [-0.25, -0.2) is 4.79 Å². The third-order valence-corrected chi connectivity index (χ3v) is 3.91. The lowest BCUT2D eigenvalue weighted by atomic mass is 9.95. The number of carboxylic acids is 1. The predicted octanol–water partition coefficient (Wildman–Crippen LogP) is 1.05. The average Bonchev–Trinajstić information content (AvgIpc) is 2.65. The highest BCUT2D eigenvalue weighted by molar-refractivity contribution is 9.10. The number of aromatic nitrogens is 1.